The molecule has 63 heavy (non-hydrogen) atoms. The third kappa shape index (κ3) is 33.2. The molecule has 0 aromatic carbocycles. The Bertz CT molecular complexity index is 1100. The molecule has 0 radical (unpaired) electrons. The fraction of sp³-hybridized carbons (Fsp3) is 0.940. The van der Waals surface area contributed by atoms with E-state index in [0.717, 1.165) is 38.5 Å². The van der Waals surface area contributed by atoms with Crippen LogP contribution in [0.2, 0.25) is 0 Å². The lowest BCUT2D eigenvalue weighted by atomic mass is 9.85. The first-order valence-electron chi connectivity index (χ1n) is 26.0. The Balaban J connectivity index is 2.33. The molecule has 13 heteroatoms. The zero-order valence-electron chi connectivity index (χ0n) is 40.1. The number of hydrogen-bond acceptors (Lipinski definition) is 11. The first-order chi connectivity index (χ1) is 30.5. The van der Waals surface area contributed by atoms with Crippen LogP contribution in [0, 0.1) is 0 Å². The predicted molar refractivity (Wildman–Crippen MR) is 253 cm³/mol. The second-order valence-corrected chi connectivity index (χ2v) is 19.8. The second-order valence-electron chi connectivity index (χ2n) is 18.4. The Labute approximate surface area is 384 Å². The highest BCUT2D eigenvalue weighted by Gasteiger charge is 2.51. The van der Waals surface area contributed by atoms with Crippen LogP contribution in [0.4, 0.5) is 0 Å². The molecule has 0 amide bonds. The van der Waals surface area contributed by atoms with Crippen molar-refractivity contribution in [2.45, 2.75) is 281 Å². The molecule has 374 valence electrons. The molecule has 0 aromatic rings. The van der Waals surface area contributed by atoms with Crippen molar-refractivity contribution in [2.75, 3.05) is 19.8 Å². The lowest BCUT2D eigenvalue weighted by Gasteiger charge is -2.41. The number of unbranched alkanes of at least 4 members (excludes halogenated alkanes) is 31. The van der Waals surface area contributed by atoms with Gasteiger partial charge in [0.25, 0.3) is 0 Å². The SMILES string of the molecule is CCCCCCCCC/C=C\CCCCCCCCCCOCC(COP(=O)(O)OC1C(O)C(O)C(O)C(O)C1O)OC(=O)CCCCCCCCCCCCCCCCCCC. The monoisotopic (exact) mass is 921 g/mol. The smallest absolute Gasteiger partial charge is 0.457 e. The van der Waals surface area contributed by atoms with Gasteiger partial charge in [-0.15, -0.1) is 0 Å². The van der Waals surface area contributed by atoms with E-state index in [1.165, 1.54) is 173 Å². The fourth-order valence-corrected chi connectivity index (χ4v) is 9.21. The van der Waals surface area contributed by atoms with E-state index in [-0.39, 0.29) is 13.0 Å². The molecule has 0 spiro atoms. The molecule has 1 fully saturated rings. The molecule has 12 nitrogen and oxygen atoms in total. The summed E-state index contributed by atoms with van der Waals surface area (Å²) in [5.74, 6) is -0.472. The summed E-state index contributed by atoms with van der Waals surface area (Å²) in [6.07, 6.45) is 34.2. The molecule has 6 N–H and O–H groups in total. The number of carbonyl (C=O) groups is 1. The maximum absolute atomic E-state index is 12.8. The first-order valence-corrected chi connectivity index (χ1v) is 27.5. The molecular formula is C50H97O12P. The van der Waals surface area contributed by atoms with Gasteiger partial charge in [0.2, 0.25) is 0 Å². The molecule has 6 unspecified atom stereocenters. The van der Waals surface area contributed by atoms with Crippen molar-refractivity contribution in [3.05, 3.63) is 12.2 Å². The summed E-state index contributed by atoms with van der Waals surface area (Å²) in [5, 5.41) is 50.3. The van der Waals surface area contributed by atoms with Crippen LogP contribution in [0.5, 0.6) is 0 Å². The van der Waals surface area contributed by atoms with Crippen molar-refractivity contribution in [2.24, 2.45) is 0 Å². The Morgan fingerprint density at radius 3 is 1.25 bits per heavy atom. The number of phosphoric acid groups is 1. The summed E-state index contributed by atoms with van der Waals surface area (Å²) < 4.78 is 34.3. The highest BCUT2D eigenvalue weighted by molar-refractivity contribution is 7.47. The number of phosphoric ester groups is 1. The van der Waals surface area contributed by atoms with Gasteiger partial charge >= 0.3 is 13.8 Å². The Kier molecular flexibility index (Phi) is 39.4. The quantitative estimate of drug-likeness (QED) is 0.0147. The number of aliphatic hydroxyl groups is 5. The van der Waals surface area contributed by atoms with Gasteiger partial charge in [0.15, 0.2) is 0 Å². The van der Waals surface area contributed by atoms with E-state index in [2.05, 4.69) is 26.0 Å². The molecule has 1 rings (SSSR count). The predicted octanol–water partition coefficient (Wildman–Crippen LogP) is 11.5. The second kappa shape index (κ2) is 41.3. The van der Waals surface area contributed by atoms with Crippen molar-refractivity contribution < 1.29 is 58.3 Å². The fourth-order valence-electron chi connectivity index (χ4n) is 8.23. The molecule has 1 aliphatic carbocycles. The van der Waals surface area contributed by atoms with Crippen LogP contribution in [-0.4, -0.2) is 98.9 Å². The van der Waals surface area contributed by atoms with Gasteiger partial charge in [-0.3, -0.25) is 13.8 Å². The van der Waals surface area contributed by atoms with Crippen LogP contribution in [0.3, 0.4) is 0 Å². The molecule has 1 saturated carbocycles. The molecule has 0 heterocycles. The van der Waals surface area contributed by atoms with E-state index in [1.54, 1.807) is 0 Å². The number of allylic oxidation sites excluding steroid dienone is 2. The molecule has 0 saturated heterocycles. The largest absolute Gasteiger partial charge is 0.472 e. The van der Waals surface area contributed by atoms with E-state index in [1.807, 2.05) is 0 Å². The molecule has 0 aromatic heterocycles. The van der Waals surface area contributed by atoms with Gasteiger partial charge in [-0.25, -0.2) is 4.57 Å². The van der Waals surface area contributed by atoms with Crippen LogP contribution in [0.15, 0.2) is 12.2 Å². The van der Waals surface area contributed by atoms with Crippen LogP contribution in [-0.2, 0) is 27.9 Å². The lowest BCUT2D eigenvalue weighted by molar-refractivity contribution is -0.220. The summed E-state index contributed by atoms with van der Waals surface area (Å²) >= 11 is 0. The zero-order chi connectivity index (χ0) is 46.2. The maximum atomic E-state index is 12.8. The van der Waals surface area contributed by atoms with Gasteiger partial charge in [0.1, 0.15) is 42.7 Å². The molecular weight excluding hydrogens is 824 g/mol. The summed E-state index contributed by atoms with van der Waals surface area (Å²) in [4.78, 5) is 23.2. The van der Waals surface area contributed by atoms with Crippen LogP contribution in [0.1, 0.15) is 239 Å². The number of rotatable bonds is 45. The molecule has 1 aliphatic rings. The Morgan fingerprint density at radius 2 is 0.841 bits per heavy atom. The van der Waals surface area contributed by atoms with Gasteiger partial charge in [-0.1, -0.05) is 206 Å². The average molecular weight is 921 g/mol. The van der Waals surface area contributed by atoms with E-state index in [4.69, 9.17) is 18.5 Å². The minimum atomic E-state index is -5.02. The zero-order valence-corrected chi connectivity index (χ0v) is 41.0. The number of esters is 1. The minimum Gasteiger partial charge on any atom is -0.457 e. The Morgan fingerprint density at radius 1 is 0.492 bits per heavy atom. The summed E-state index contributed by atoms with van der Waals surface area (Å²) in [6, 6.07) is 0. The van der Waals surface area contributed by atoms with Gasteiger partial charge in [0.05, 0.1) is 13.2 Å². The molecule has 6 atom stereocenters. The van der Waals surface area contributed by atoms with Gasteiger partial charge < -0.3 is 39.9 Å². The Hall–Kier alpha value is -0.920. The number of carbonyl (C=O) groups excluding carboxylic acids is 1. The van der Waals surface area contributed by atoms with Gasteiger partial charge in [0, 0.05) is 13.0 Å². The van der Waals surface area contributed by atoms with E-state index in [0.29, 0.717) is 13.0 Å². The third-order valence-electron chi connectivity index (χ3n) is 12.4. The number of hydrogen-bond donors (Lipinski definition) is 6. The molecule has 0 aliphatic heterocycles. The third-order valence-corrected chi connectivity index (χ3v) is 13.4. The van der Waals surface area contributed by atoms with Crippen molar-refractivity contribution in [1.29, 1.82) is 0 Å². The van der Waals surface area contributed by atoms with Crippen molar-refractivity contribution >= 4 is 13.8 Å². The highest BCUT2D eigenvalue weighted by Crippen LogP contribution is 2.47. The average Bonchev–Trinajstić information content (AvgIpc) is 3.27. The van der Waals surface area contributed by atoms with Crippen molar-refractivity contribution in [1.82, 2.24) is 0 Å². The molecule has 0 bridgehead atoms. The lowest BCUT2D eigenvalue weighted by Crippen LogP contribution is -2.64. The van der Waals surface area contributed by atoms with Crippen LogP contribution < -0.4 is 0 Å². The standard InChI is InChI=1S/C50H97O12P/c1-3-5-7-9-11-13-15-17-19-21-22-24-26-28-30-32-34-36-38-40-59-41-43(42-60-63(57,58)62-50-48(55)46(53)45(52)47(54)49(50)56)61-44(51)39-37-35-33-31-29-27-25-23-20-18-16-14-12-10-8-6-4-2/h19,21,43,45-50,52-56H,3-18,20,22-42H2,1-2H3,(H,57,58)/b21-19-. The van der Waals surface area contributed by atoms with E-state index in [9.17, 15) is 39.8 Å². The van der Waals surface area contributed by atoms with Crippen molar-refractivity contribution in [3.8, 4) is 0 Å². The normalized spacial score (nSPS) is 21.8. The minimum absolute atomic E-state index is 0.0728. The summed E-state index contributed by atoms with van der Waals surface area (Å²) in [7, 11) is -5.02. The number of aliphatic hydroxyl groups excluding tert-OH is 5. The van der Waals surface area contributed by atoms with E-state index >= 15 is 0 Å². The highest BCUT2D eigenvalue weighted by atomic mass is 31.2. The summed E-state index contributed by atoms with van der Waals surface area (Å²) in [6.45, 7) is 4.30. The topological polar surface area (TPSA) is 192 Å². The maximum Gasteiger partial charge on any atom is 0.472 e. The van der Waals surface area contributed by atoms with Crippen molar-refractivity contribution in [3.63, 3.8) is 0 Å². The summed E-state index contributed by atoms with van der Waals surface area (Å²) in [5.41, 5.74) is 0. The first kappa shape index (κ1) is 60.1. The van der Waals surface area contributed by atoms with Gasteiger partial charge in [-0.05, 0) is 38.5 Å². The number of ether oxygens (including phenoxy) is 2. The van der Waals surface area contributed by atoms with E-state index < -0.39 is 63.1 Å². The van der Waals surface area contributed by atoms with Gasteiger partial charge in [-0.2, -0.15) is 0 Å². The van der Waals surface area contributed by atoms with Crippen LogP contribution >= 0.6 is 7.82 Å². The van der Waals surface area contributed by atoms with Crippen LogP contribution in [0.25, 0.3) is 0 Å².